The molecule has 1 unspecified atom stereocenters. The highest BCUT2D eigenvalue weighted by Crippen LogP contribution is 2.25. The van der Waals surface area contributed by atoms with Crippen LogP contribution in [0.3, 0.4) is 0 Å². The van der Waals surface area contributed by atoms with E-state index in [1.807, 2.05) is 0 Å². The molecule has 102 valence electrons. The third kappa shape index (κ3) is 2.26. The van der Waals surface area contributed by atoms with Gasteiger partial charge in [0.25, 0.3) is 0 Å². The molecule has 0 spiro atoms. The molecule has 1 atom stereocenters. The second kappa shape index (κ2) is 4.66. The topological polar surface area (TPSA) is 115 Å². The standard InChI is InChI=1S/C12H11N5O2S/c13-20(18,19)10(8-4-1-2-6-14-8)12-16-9-5-3-7-15-11(9)17-12/h1-7,10H,(H2,13,18,19)(H,15,16,17). The van der Waals surface area contributed by atoms with E-state index < -0.39 is 15.3 Å². The Morgan fingerprint density at radius 2 is 1.90 bits per heavy atom. The summed E-state index contributed by atoms with van der Waals surface area (Å²) in [7, 11) is -3.90. The van der Waals surface area contributed by atoms with E-state index in [2.05, 4.69) is 19.9 Å². The number of imidazole rings is 1. The van der Waals surface area contributed by atoms with Gasteiger partial charge >= 0.3 is 0 Å². The molecular formula is C12H11N5O2S. The van der Waals surface area contributed by atoms with Gasteiger partial charge in [-0.1, -0.05) is 6.07 Å². The van der Waals surface area contributed by atoms with Crippen LogP contribution in [0, 0.1) is 0 Å². The highest BCUT2D eigenvalue weighted by molar-refractivity contribution is 7.89. The zero-order valence-corrected chi connectivity index (χ0v) is 11.1. The summed E-state index contributed by atoms with van der Waals surface area (Å²) in [5.74, 6) is 0.208. The van der Waals surface area contributed by atoms with Crippen molar-refractivity contribution in [2.75, 3.05) is 0 Å². The lowest BCUT2D eigenvalue weighted by Gasteiger charge is -2.11. The van der Waals surface area contributed by atoms with Gasteiger partial charge in [-0.05, 0) is 24.3 Å². The van der Waals surface area contributed by atoms with Crippen LogP contribution < -0.4 is 5.14 Å². The van der Waals surface area contributed by atoms with Crippen LogP contribution in [0.2, 0.25) is 0 Å². The quantitative estimate of drug-likeness (QED) is 0.737. The SMILES string of the molecule is NS(=O)(=O)C(c1ccccn1)c1nc2ncccc2[nH]1. The molecule has 7 nitrogen and oxygen atoms in total. The molecule has 0 bridgehead atoms. The van der Waals surface area contributed by atoms with E-state index in [-0.39, 0.29) is 5.82 Å². The van der Waals surface area contributed by atoms with Crippen LogP contribution in [0.4, 0.5) is 0 Å². The van der Waals surface area contributed by atoms with Crippen LogP contribution in [-0.4, -0.2) is 28.4 Å². The first-order chi connectivity index (χ1) is 9.55. The first kappa shape index (κ1) is 12.7. The second-order valence-electron chi connectivity index (χ2n) is 4.22. The van der Waals surface area contributed by atoms with Gasteiger partial charge in [0.05, 0.1) is 11.2 Å². The Morgan fingerprint density at radius 1 is 1.10 bits per heavy atom. The molecule has 0 aliphatic rings. The van der Waals surface area contributed by atoms with Gasteiger partial charge in [-0.3, -0.25) is 4.98 Å². The molecule has 3 aromatic rings. The van der Waals surface area contributed by atoms with Crippen molar-refractivity contribution < 1.29 is 8.42 Å². The molecule has 0 aromatic carbocycles. The van der Waals surface area contributed by atoms with Crippen LogP contribution in [0.25, 0.3) is 11.2 Å². The van der Waals surface area contributed by atoms with E-state index >= 15 is 0 Å². The van der Waals surface area contributed by atoms with Crippen LogP contribution >= 0.6 is 0 Å². The van der Waals surface area contributed by atoms with Crippen molar-refractivity contribution in [1.29, 1.82) is 0 Å². The zero-order valence-electron chi connectivity index (χ0n) is 10.3. The predicted molar refractivity (Wildman–Crippen MR) is 73.1 cm³/mol. The first-order valence-electron chi connectivity index (χ1n) is 5.79. The second-order valence-corrected chi connectivity index (χ2v) is 5.87. The number of hydrogen-bond donors (Lipinski definition) is 2. The molecular weight excluding hydrogens is 278 g/mol. The Balaban J connectivity index is 2.20. The summed E-state index contributed by atoms with van der Waals surface area (Å²) in [6.07, 6.45) is 3.09. The van der Waals surface area contributed by atoms with Crippen molar-refractivity contribution >= 4 is 21.2 Å². The number of nitrogens with one attached hydrogen (secondary N) is 1. The maximum Gasteiger partial charge on any atom is 0.225 e. The van der Waals surface area contributed by atoms with Gasteiger partial charge in [0.15, 0.2) is 10.9 Å². The van der Waals surface area contributed by atoms with E-state index in [4.69, 9.17) is 5.14 Å². The lowest BCUT2D eigenvalue weighted by Crippen LogP contribution is -2.24. The fourth-order valence-electron chi connectivity index (χ4n) is 1.98. The van der Waals surface area contributed by atoms with E-state index in [9.17, 15) is 8.42 Å². The summed E-state index contributed by atoms with van der Waals surface area (Å²) in [5.41, 5.74) is 1.40. The van der Waals surface area contributed by atoms with Crippen molar-refractivity contribution in [1.82, 2.24) is 19.9 Å². The minimum absolute atomic E-state index is 0.208. The molecule has 3 aromatic heterocycles. The molecule has 0 fully saturated rings. The number of pyridine rings is 2. The molecule has 3 heterocycles. The van der Waals surface area contributed by atoms with E-state index in [0.29, 0.717) is 16.9 Å². The van der Waals surface area contributed by atoms with Gasteiger partial charge in [0.2, 0.25) is 10.0 Å². The third-order valence-electron chi connectivity index (χ3n) is 2.81. The summed E-state index contributed by atoms with van der Waals surface area (Å²) in [6.45, 7) is 0. The average molecular weight is 289 g/mol. The number of aromatic nitrogens is 4. The number of nitrogens with two attached hydrogens (primary N) is 1. The zero-order chi connectivity index (χ0) is 14.2. The molecule has 0 saturated heterocycles. The lowest BCUT2D eigenvalue weighted by atomic mass is 10.2. The van der Waals surface area contributed by atoms with Crippen LogP contribution in [-0.2, 0) is 10.0 Å². The molecule has 0 aliphatic carbocycles. The molecule has 0 saturated carbocycles. The molecule has 0 amide bonds. The van der Waals surface area contributed by atoms with Gasteiger partial charge in [-0.15, -0.1) is 0 Å². The number of rotatable bonds is 3. The largest absolute Gasteiger partial charge is 0.339 e. The van der Waals surface area contributed by atoms with Crippen LogP contribution in [0.5, 0.6) is 0 Å². The molecule has 0 aliphatic heterocycles. The molecule has 3 rings (SSSR count). The van der Waals surface area contributed by atoms with Crippen molar-refractivity contribution in [3.8, 4) is 0 Å². The maximum absolute atomic E-state index is 11.9. The Hall–Kier alpha value is -2.32. The van der Waals surface area contributed by atoms with E-state index in [1.165, 1.54) is 6.20 Å². The summed E-state index contributed by atoms with van der Waals surface area (Å²) in [6, 6.07) is 8.48. The van der Waals surface area contributed by atoms with Crippen LogP contribution in [0.15, 0.2) is 42.7 Å². The molecule has 8 heteroatoms. The lowest BCUT2D eigenvalue weighted by molar-refractivity contribution is 0.587. The van der Waals surface area contributed by atoms with Crippen molar-refractivity contribution in [3.63, 3.8) is 0 Å². The Morgan fingerprint density at radius 3 is 2.55 bits per heavy atom. The Bertz CT molecular complexity index is 811. The molecule has 20 heavy (non-hydrogen) atoms. The van der Waals surface area contributed by atoms with Gasteiger partial charge in [0, 0.05) is 12.4 Å². The smallest absolute Gasteiger partial charge is 0.225 e. The predicted octanol–water partition coefficient (Wildman–Crippen LogP) is 0.731. The Labute approximate surface area is 115 Å². The first-order valence-corrected chi connectivity index (χ1v) is 7.40. The van der Waals surface area contributed by atoms with E-state index in [1.54, 1.807) is 36.5 Å². The average Bonchev–Trinajstić information content (AvgIpc) is 2.81. The number of H-pyrrole nitrogens is 1. The normalized spacial score (nSPS) is 13.4. The summed E-state index contributed by atoms with van der Waals surface area (Å²) >= 11 is 0. The van der Waals surface area contributed by atoms with Crippen LogP contribution in [0.1, 0.15) is 16.8 Å². The highest BCUT2D eigenvalue weighted by atomic mass is 32.2. The van der Waals surface area contributed by atoms with Gasteiger partial charge in [0.1, 0.15) is 5.82 Å². The van der Waals surface area contributed by atoms with Crippen molar-refractivity contribution in [3.05, 3.63) is 54.2 Å². The monoisotopic (exact) mass is 289 g/mol. The van der Waals surface area contributed by atoms with E-state index in [0.717, 1.165) is 0 Å². The number of aromatic amines is 1. The number of fused-ring (bicyclic) bond motifs is 1. The number of nitrogens with zero attached hydrogens (tertiary/aromatic N) is 3. The number of primary sulfonamides is 1. The van der Waals surface area contributed by atoms with Crippen molar-refractivity contribution in [2.24, 2.45) is 5.14 Å². The number of hydrogen-bond acceptors (Lipinski definition) is 5. The summed E-state index contributed by atoms with van der Waals surface area (Å²) in [4.78, 5) is 15.2. The van der Waals surface area contributed by atoms with Gasteiger partial charge in [-0.2, -0.15) is 0 Å². The van der Waals surface area contributed by atoms with Crippen molar-refractivity contribution in [2.45, 2.75) is 5.25 Å². The summed E-state index contributed by atoms with van der Waals surface area (Å²) in [5, 5.41) is 4.18. The minimum atomic E-state index is -3.90. The fourth-order valence-corrected chi connectivity index (χ4v) is 2.88. The van der Waals surface area contributed by atoms with Gasteiger partial charge < -0.3 is 4.98 Å². The number of sulfonamides is 1. The highest BCUT2D eigenvalue weighted by Gasteiger charge is 2.30. The Kier molecular flexibility index (Phi) is 2.96. The molecule has 3 N–H and O–H groups in total. The fraction of sp³-hybridized carbons (Fsp3) is 0.0833. The third-order valence-corrected chi connectivity index (χ3v) is 3.93. The minimum Gasteiger partial charge on any atom is -0.339 e. The maximum atomic E-state index is 11.9. The van der Waals surface area contributed by atoms with Gasteiger partial charge in [-0.25, -0.2) is 23.5 Å². The summed E-state index contributed by atoms with van der Waals surface area (Å²) < 4.78 is 23.7. The molecule has 0 radical (unpaired) electrons.